The summed E-state index contributed by atoms with van der Waals surface area (Å²) in [5.41, 5.74) is 6.68. The summed E-state index contributed by atoms with van der Waals surface area (Å²) in [6.45, 7) is 2.48. The van der Waals surface area contributed by atoms with Gasteiger partial charge in [-0.05, 0) is 18.4 Å². The first-order valence-corrected chi connectivity index (χ1v) is 7.92. The number of hydrogen-bond acceptors (Lipinski definition) is 3. The van der Waals surface area contributed by atoms with Gasteiger partial charge in [0, 0.05) is 32.7 Å². The van der Waals surface area contributed by atoms with E-state index in [1.54, 1.807) is 12.0 Å². The molecule has 2 rings (SSSR count). The predicted octanol–water partition coefficient (Wildman–Crippen LogP) is 2.37. The third kappa shape index (κ3) is 4.71. The van der Waals surface area contributed by atoms with Gasteiger partial charge in [-0.25, -0.2) is 4.79 Å². The number of benzene rings is 1. The van der Waals surface area contributed by atoms with E-state index in [4.69, 9.17) is 15.2 Å². The highest BCUT2D eigenvalue weighted by Crippen LogP contribution is 2.29. The zero-order chi connectivity index (χ0) is 15.8. The Balaban J connectivity index is 2.04. The van der Waals surface area contributed by atoms with Crippen molar-refractivity contribution in [3.8, 4) is 0 Å². The van der Waals surface area contributed by atoms with Crippen LogP contribution in [0.4, 0.5) is 4.79 Å². The summed E-state index contributed by atoms with van der Waals surface area (Å²) in [4.78, 5) is 13.1. The standard InChI is InChI=1S/C17H26N2O3/c1-21-11-6-5-9-15(14-7-3-2-4-8-14)16-13-19(17(18)20)10-12-22-16/h2-4,7-8,15-16H,5-6,9-13H2,1H3,(H2,18,20)/t15-,16?/m1/s1. The molecule has 2 amide bonds. The van der Waals surface area contributed by atoms with Crippen LogP contribution in [0.3, 0.4) is 0 Å². The second-order valence-electron chi connectivity index (χ2n) is 5.70. The Labute approximate surface area is 132 Å². The predicted molar refractivity (Wildman–Crippen MR) is 85.8 cm³/mol. The van der Waals surface area contributed by atoms with E-state index in [1.165, 1.54) is 5.56 Å². The van der Waals surface area contributed by atoms with Gasteiger partial charge in [-0.2, -0.15) is 0 Å². The molecule has 22 heavy (non-hydrogen) atoms. The molecule has 1 aliphatic rings. The van der Waals surface area contributed by atoms with Crippen molar-refractivity contribution in [2.24, 2.45) is 5.73 Å². The Bertz CT molecular complexity index is 452. The van der Waals surface area contributed by atoms with Crippen molar-refractivity contribution in [3.05, 3.63) is 35.9 Å². The van der Waals surface area contributed by atoms with Crippen molar-refractivity contribution >= 4 is 6.03 Å². The minimum absolute atomic E-state index is 0.00574. The Morgan fingerprint density at radius 3 is 2.86 bits per heavy atom. The maximum Gasteiger partial charge on any atom is 0.314 e. The van der Waals surface area contributed by atoms with Crippen LogP contribution in [-0.2, 0) is 9.47 Å². The average molecular weight is 306 g/mol. The Morgan fingerprint density at radius 1 is 1.41 bits per heavy atom. The van der Waals surface area contributed by atoms with Crippen LogP contribution in [-0.4, -0.2) is 50.4 Å². The Morgan fingerprint density at radius 2 is 2.18 bits per heavy atom. The number of urea groups is 1. The van der Waals surface area contributed by atoms with Gasteiger partial charge >= 0.3 is 6.03 Å². The minimum atomic E-state index is -0.362. The lowest BCUT2D eigenvalue weighted by Gasteiger charge is -2.36. The van der Waals surface area contributed by atoms with E-state index in [2.05, 4.69) is 12.1 Å². The van der Waals surface area contributed by atoms with E-state index in [9.17, 15) is 4.79 Å². The average Bonchev–Trinajstić information content (AvgIpc) is 2.56. The van der Waals surface area contributed by atoms with E-state index in [1.807, 2.05) is 18.2 Å². The molecule has 1 aromatic carbocycles. The lowest BCUT2D eigenvalue weighted by molar-refractivity contribution is -0.0289. The molecule has 1 heterocycles. The molecule has 1 aliphatic heterocycles. The molecule has 0 radical (unpaired) electrons. The molecule has 0 spiro atoms. The van der Waals surface area contributed by atoms with Crippen molar-refractivity contribution in [1.29, 1.82) is 0 Å². The van der Waals surface area contributed by atoms with Gasteiger partial charge < -0.3 is 20.1 Å². The molecule has 5 heteroatoms. The van der Waals surface area contributed by atoms with Crippen LogP contribution in [0.15, 0.2) is 30.3 Å². The second kappa shape index (κ2) is 8.76. The number of hydrogen-bond donors (Lipinski definition) is 1. The highest BCUT2D eigenvalue weighted by atomic mass is 16.5. The van der Waals surface area contributed by atoms with Gasteiger partial charge in [0.25, 0.3) is 0 Å². The zero-order valence-electron chi connectivity index (χ0n) is 13.2. The van der Waals surface area contributed by atoms with Crippen molar-refractivity contribution in [3.63, 3.8) is 0 Å². The number of carbonyl (C=O) groups excluding carboxylic acids is 1. The summed E-state index contributed by atoms with van der Waals surface area (Å²) < 4.78 is 11.1. The van der Waals surface area contributed by atoms with Gasteiger partial charge in [-0.15, -0.1) is 0 Å². The fourth-order valence-electron chi connectivity index (χ4n) is 3.00. The first-order valence-electron chi connectivity index (χ1n) is 7.92. The van der Waals surface area contributed by atoms with Crippen molar-refractivity contribution in [2.75, 3.05) is 33.4 Å². The van der Waals surface area contributed by atoms with Gasteiger partial charge in [-0.1, -0.05) is 36.8 Å². The monoisotopic (exact) mass is 306 g/mol. The number of methoxy groups -OCH3 is 1. The van der Waals surface area contributed by atoms with Crippen molar-refractivity contribution in [2.45, 2.75) is 31.3 Å². The number of amides is 2. The molecule has 1 unspecified atom stereocenters. The third-order valence-corrected chi connectivity index (χ3v) is 4.20. The van der Waals surface area contributed by atoms with Gasteiger partial charge in [-0.3, -0.25) is 0 Å². The summed E-state index contributed by atoms with van der Waals surface area (Å²) in [6.07, 6.45) is 3.13. The molecule has 122 valence electrons. The van der Waals surface area contributed by atoms with Gasteiger partial charge in [0.05, 0.1) is 12.7 Å². The summed E-state index contributed by atoms with van der Waals surface area (Å²) in [5.74, 6) is 0.278. The topological polar surface area (TPSA) is 64.8 Å². The smallest absolute Gasteiger partial charge is 0.314 e. The summed E-state index contributed by atoms with van der Waals surface area (Å²) in [7, 11) is 1.73. The molecule has 0 bridgehead atoms. The van der Waals surface area contributed by atoms with E-state index in [0.29, 0.717) is 19.7 Å². The molecule has 5 nitrogen and oxygen atoms in total. The number of ether oxygens (including phenoxy) is 2. The first-order chi connectivity index (χ1) is 10.7. The van der Waals surface area contributed by atoms with Crippen molar-refractivity contribution < 1.29 is 14.3 Å². The summed E-state index contributed by atoms with van der Waals surface area (Å²) >= 11 is 0. The zero-order valence-corrected chi connectivity index (χ0v) is 13.2. The molecule has 1 fully saturated rings. The number of unbranched alkanes of at least 4 members (excludes halogenated alkanes) is 1. The number of nitrogens with two attached hydrogens (primary N) is 1. The molecule has 0 saturated carbocycles. The SMILES string of the molecule is COCCCC[C@H](c1ccccc1)C1CN(C(N)=O)CCO1. The molecule has 2 atom stereocenters. The third-order valence-electron chi connectivity index (χ3n) is 4.20. The molecule has 1 saturated heterocycles. The maximum atomic E-state index is 11.4. The number of morpholine rings is 1. The minimum Gasteiger partial charge on any atom is -0.385 e. The normalized spacial score (nSPS) is 19.9. The van der Waals surface area contributed by atoms with Crippen LogP contribution in [0.25, 0.3) is 0 Å². The lowest BCUT2D eigenvalue weighted by atomic mass is 9.87. The highest BCUT2D eigenvalue weighted by Gasteiger charge is 2.30. The molecule has 2 N–H and O–H groups in total. The fraction of sp³-hybridized carbons (Fsp3) is 0.588. The quantitative estimate of drug-likeness (QED) is 0.787. The van der Waals surface area contributed by atoms with Crippen molar-refractivity contribution in [1.82, 2.24) is 4.90 Å². The van der Waals surface area contributed by atoms with Crippen LogP contribution >= 0.6 is 0 Å². The van der Waals surface area contributed by atoms with Gasteiger partial charge in [0.2, 0.25) is 0 Å². The van der Waals surface area contributed by atoms with Crippen LogP contribution in [0, 0.1) is 0 Å². The van der Waals surface area contributed by atoms with Crippen LogP contribution < -0.4 is 5.73 Å². The second-order valence-corrected chi connectivity index (χ2v) is 5.70. The van der Waals surface area contributed by atoms with Crippen LogP contribution in [0.2, 0.25) is 0 Å². The molecular weight excluding hydrogens is 280 g/mol. The fourth-order valence-corrected chi connectivity index (χ4v) is 3.00. The number of carbonyl (C=O) groups is 1. The first kappa shape index (κ1) is 16.8. The molecule has 0 aromatic heterocycles. The van der Waals surface area contributed by atoms with E-state index >= 15 is 0 Å². The number of rotatable bonds is 7. The molecule has 1 aromatic rings. The summed E-state index contributed by atoms with van der Waals surface area (Å²) in [5, 5.41) is 0. The lowest BCUT2D eigenvalue weighted by Crippen LogP contribution is -2.49. The largest absolute Gasteiger partial charge is 0.385 e. The Hall–Kier alpha value is -1.59. The number of nitrogens with zero attached hydrogens (tertiary/aromatic N) is 1. The van der Waals surface area contributed by atoms with Gasteiger partial charge in [0.15, 0.2) is 0 Å². The Kier molecular flexibility index (Phi) is 6.68. The molecular formula is C17H26N2O3. The molecule has 0 aliphatic carbocycles. The van der Waals surface area contributed by atoms with E-state index in [0.717, 1.165) is 25.9 Å². The van der Waals surface area contributed by atoms with Crippen LogP contribution in [0.5, 0.6) is 0 Å². The van der Waals surface area contributed by atoms with E-state index in [-0.39, 0.29) is 18.1 Å². The van der Waals surface area contributed by atoms with Gasteiger partial charge in [0.1, 0.15) is 0 Å². The van der Waals surface area contributed by atoms with Crippen LogP contribution in [0.1, 0.15) is 30.7 Å². The number of primary amides is 1. The van der Waals surface area contributed by atoms with E-state index < -0.39 is 0 Å². The summed E-state index contributed by atoms with van der Waals surface area (Å²) in [6, 6.07) is 10.0. The highest BCUT2D eigenvalue weighted by molar-refractivity contribution is 5.72. The maximum absolute atomic E-state index is 11.4.